The summed E-state index contributed by atoms with van der Waals surface area (Å²) >= 11 is 0. The number of hydrogen-bond acceptors (Lipinski definition) is 3. The van der Waals surface area contributed by atoms with E-state index in [0.717, 1.165) is 6.42 Å². The Morgan fingerprint density at radius 3 is 2.62 bits per heavy atom. The van der Waals surface area contributed by atoms with E-state index in [-0.39, 0.29) is 12.5 Å². The first kappa shape index (κ1) is 12.4. The van der Waals surface area contributed by atoms with Crippen LogP contribution in [0, 0.1) is 5.92 Å². The average Bonchev–Trinajstić information content (AvgIpc) is 1.96. The molecule has 0 rings (SSSR count). The van der Waals surface area contributed by atoms with E-state index in [1.165, 1.54) is 0 Å². The number of aliphatic carboxylic acids is 1. The summed E-state index contributed by atoms with van der Waals surface area (Å²) in [5.74, 6) is -0.268. The molecule has 0 saturated heterocycles. The molecule has 4 heteroatoms. The predicted octanol–water partition coefficient (Wildman–Crippen LogP) is 0.851. The first-order valence-corrected chi connectivity index (χ1v) is 4.57. The van der Waals surface area contributed by atoms with Crippen LogP contribution in [0.1, 0.15) is 26.7 Å². The van der Waals surface area contributed by atoms with E-state index >= 15 is 0 Å². The van der Waals surface area contributed by atoms with Crippen LogP contribution in [-0.4, -0.2) is 30.3 Å². The van der Waals surface area contributed by atoms with E-state index in [0.29, 0.717) is 19.1 Å². The SMILES string of the molecule is CC(C)CCOC[C@@H](N)CC(=O)O. The van der Waals surface area contributed by atoms with E-state index < -0.39 is 5.97 Å². The zero-order valence-electron chi connectivity index (χ0n) is 8.32. The van der Waals surface area contributed by atoms with Gasteiger partial charge in [-0.15, -0.1) is 0 Å². The van der Waals surface area contributed by atoms with Crippen molar-refractivity contribution in [2.75, 3.05) is 13.2 Å². The Hall–Kier alpha value is -0.610. The fraction of sp³-hybridized carbons (Fsp3) is 0.889. The van der Waals surface area contributed by atoms with Gasteiger partial charge in [-0.2, -0.15) is 0 Å². The molecule has 0 radical (unpaired) electrons. The second-order valence-electron chi connectivity index (χ2n) is 3.62. The normalized spacial score (nSPS) is 13.2. The van der Waals surface area contributed by atoms with E-state index in [1.54, 1.807) is 0 Å². The number of hydrogen-bond donors (Lipinski definition) is 2. The van der Waals surface area contributed by atoms with Crippen LogP contribution in [0.5, 0.6) is 0 Å². The third-order valence-corrected chi connectivity index (χ3v) is 1.61. The lowest BCUT2D eigenvalue weighted by atomic mass is 10.1. The molecule has 0 amide bonds. The number of carbonyl (C=O) groups is 1. The van der Waals surface area contributed by atoms with Gasteiger partial charge in [0.05, 0.1) is 13.0 Å². The molecule has 0 bridgehead atoms. The van der Waals surface area contributed by atoms with E-state index in [2.05, 4.69) is 13.8 Å². The Bertz CT molecular complexity index is 148. The van der Waals surface area contributed by atoms with Crippen molar-refractivity contribution in [2.24, 2.45) is 11.7 Å². The highest BCUT2D eigenvalue weighted by Crippen LogP contribution is 1.99. The Morgan fingerprint density at radius 1 is 1.54 bits per heavy atom. The molecule has 4 nitrogen and oxygen atoms in total. The summed E-state index contributed by atoms with van der Waals surface area (Å²) in [6, 6.07) is -0.385. The minimum Gasteiger partial charge on any atom is -0.481 e. The third kappa shape index (κ3) is 9.30. The lowest BCUT2D eigenvalue weighted by Gasteiger charge is -2.10. The highest BCUT2D eigenvalue weighted by atomic mass is 16.5. The first-order valence-electron chi connectivity index (χ1n) is 4.57. The van der Waals surface area contributed by atoms with Crippen molar-refractivity contribution in [1.29, 1.82) is 0 Å². The zero-order valence-corrected chi connectivity index (χ0v) is 8.32. The second-order valence-corrected chi connectivity index (χ2v) is 3.62. The molecule has 0 aliphatic heterocycles. The van der Waals surface area contributed by atoms with Gasteiger partial charge in [0.15, 0.2) is 0 Å². The van der Waals surface area contributed by atoms with Crippen LogP contribution in [0.2, 0.25) is 0 Å². The predicted molar refractivity (Wildman–Crippen MR) is 50.5 cm³/mol. The van der Waals surface area contributed by atoms with Gasteiger partial charge in [-0.05, 0) is 12.3 Å². The maximum Gasteiger partial charge on any atom is 0.305 e. The summed E-state index contributed by atoms with van der Waals surface area (Å²) in [5.41, 5.74) is 5.49. The largest absolute Gasteiger partial charge is 0.481 e. The fourth-order valence-electron chi connectivity index (χ4n) is 0.837. The van der Waals surface area contributed by atoms with Crippen molar-refractivity contribution in [3.05, 3.63) is 0 Å². The van der Waals surface area contributed by atoms with Gasteiger partial charge < -0.3 is 15.6 Å². The minimum absolute atomic E-state index is 0.0261. The van der Waals surface area contributed by atoms with Gasteiger partial charge in [-0.3, -0.25) is 4.79 Å². The number of rotatable bonds is 7. The van der Waals surface area contributed by atoms with Crippen molar-refractivity contribution < 1.29 is 14.6 Å². The Labute approximate surface area is 79.1 Å². The number of carboxylic acids is 1. The maximum atomic E-state index is 10.2. The highest BCUT2D eigenvalue weighted by Gasteiger charge is 2.07. The third-order valence-electron chi connectivity index (χ3n) is 1.61. The molecule has 0 aromatic rings. The molecule has 0 aliphatic carbocycles. The van der Waals surface area contributed by atoms with Crippen LogP contribution >= 0.6 is 0 Å². The number of nitrogens with two attached hydrogens (primary N) is 1. The fourth-order valence-corrected chi connectivity index (χ4v) is 0.837. The van der Waals surface area contributed by atoms with Crippen molar-refractivity contribution in [3.63, 3.8) is 0 Å². The standard InChI is InChI=1S/C9H19NO3/c1-7(2)3-4-13-6-8(10)5-9(11)12/h7-8H,3-6,10H2,1-2H3,(H,11,12)/t8-/m0/s1. The van der Waals surface area contributed by atoms with E-state index in [1.807, 2.05) is 0 Å². The molecule has 0 saturated carbocycles. The van der Waals surface area contributed by atoms with Crippen LogP contribution in [-0.2, 0) is 9.53 Å². The van der Waals surface area contributed by atoms with E-state index in [4.69, 9.17) is 15.6 Å². The molecule has 0 heterocycles. The quantitative estimate of drug-likeness (QED) is 0.582. The molecular formula is C9H19NO3. The first-order chi connectivity index (χ1) is 6.02. The summed E-state index contributed by atoms with van der Waals surface area (Å²) in [6.07, 6.45) is 0.960. The van der Waals surface area contributed by atoms with Crippen LogP contribution in [0.4, 0.5) is 0 Å². The Balaban J connectivity index is 3.26. The van der Waals surface area contributed by atoms with Gasteiger partial charge in [0.1, 0.15) is 0 Å². The molecule has 0 fully saturated rings. The molecule has 0 aromatic heterocycles. The minimum atomic E-state index is -0.875. The molecule has 0 aromatic carbocycles. The number of ether oxygens (including phenoxy) is 1. The van der Waals surface area contributed by atoms with E-state index in [9.17, 15) is 4.79 Å². The van der Waals surface area contributed by atoms with Crippen molar-refractivity contribution >= 4 is 5.97 Å². The Morgan fingerprint density at radius 2 is 2.15 bits per heavy atom. The van der Waals surface area contributed by atoms with Crippen LogP contribution in [0.25, 0.3) is 0 Å². The Kier molecular flexibility index (Phi) is 6.54. The summed E-state index contributed by atoms with van der Waals surface area (Å²) < 4.78 is 5.22. The van der Waals surface area contributed by atoms with Crippen molar-refractivity contribution in [2.45, 2.75) is 32.7 Å². The average molecular weight is 189 g/mol. The zero-order chi connectivity index (χ0) is 10.3. The highest BCUT2D eigenvalue weighted by molar-refractivity contribution is 5.67. The smallest absolute Gasteiger partial charge is 0.305 e. The lowest BCUT2D eigenvalue weighted by Crippen LogP contribution is -2.29. The van der Waals surface area contributed by atoms with Gasteiger partial charge in [0.2, 0.25) is 0 Å². The molecule has 0 spiro atoms. The molecule has 13 heavy (non-hydrogen) atoms. The van der Waals surface area contributed by atoms with Gasteiger partial charge >= 0.3 is 5.97 Å². The molecular weight excluding hydrogens is 170 g/mol. The second kappa shape index (κ2) is 6.86. The topological polar surface area (TPSA) is 72.5 Å². The molecule has 3 N–H and O–H groups in total. The van der Waals surface area contributed by atoms with Gasteiger partial charge in [-0.1, -0.05) is 13.8 Å². The monoisotopic (exact) mass is 189 g/mol. The summed E-state index contributed by atoms with van der Waals surface area (Å²) in [6.45, 7) is 5.21. The lowest BCUT2D eigenvalue weighted by molar-refractivity contribution is -0.137. The number of carboxylic acid groups (broad SMARTS) is 1. The van der Waals surface area contributed by atoms with Gasteiger partial charge in [0, 0.05) is 12.6 Å². The summed E-state index contributed by atoms with van der Waals surface area (Å²) in [4.78, 5) is 10.2. The summed E-state index contributed by atoms with van der Waals surface area (Å²) in [7, 11) is 0. The van der Waals surface area contributed by atoms with Gasteiger partial charge in [0.25, 0.3) is 0 Å². The van der Waals surface area contributed by atoms with Gasteiger partial charge in [-0.25, -0.2) is 0 Å². The molecule has 1 atom stereocenters. The van der Waals surface area contributed by atoms with Crippen LogP contribution in [0.15, 0.2) is 0 Å². The maximum absolute atomic E-state index is 10.2. The van der Waals surface area contributed by atoms with Crippen LogP contribution in [0.3, 0.4) is 0 Å². The van der Waals surface area contributed by atoms with Crippen LogP contribution < -0.4 is 5.73 Å². The summed E-state index contributed by atoms with van der Waals surface area (Å²) in [5, 5.41) is 8.39. The van der Waals surface area contributed by atoms with Crippen molar-refractivity contribution in [1.82, 2.24) is 0 Å². The molecule has 0 aliphatic rings. The van der Waals surface area contributed by atoms with Crippen molar-refractivity contribution in [3.8, 4) is 0 Å². The molecule has 78 valence electrons. The molecule has 0 unspecified atom stereocenters.